The van der Waals surface area contributed by atoms with E-state index in [1.165, 1.54) is 19.3 Å². The summed E-state index contributed by atoms with van der Waals surface area (Å²) in [6.07, 6.45) is 3.73. The predicted octanol–water partition coefficient (Wildman–Crippen LogP) is 1.12. The molecule has 1 heterocycles. The van der Waals surface area contributed by atoms with Gasteiger partial charge in [-0.1, -0.05) is 5.10 Å². The quantitative estimate of drug-likeness (QED) is 0.791. The highest BCUT2D eigenvalue weighted by Crippen LogP contribution is 2.35. The highest BCUT2D eigenvalue weighted by Gasteiger charge is 2.26. The van der Waals surface area contributed by atoms with Crippen molar-refractivity contribution < 1.29 is 4.74 Å². The van der Waals surface area contributed by atoms with E-state index in [1.807, 2.05) is 14.0 Å². The summed E-state index contributed by atoms with van der Waals surface area (Å²) in [4.78, 5) is 0. The number of nitrogens with one attached hydrogen (secondary N) is 1. The second-order valence-electron chi connectivity index (χ2n) is 3.82. The maximum absolute atomic E-state index is 5.48. The third-order valence-corrected chi connectivity index (χ3v) is 2.78. The Balaban J connectivity index is 2.22. The highest BCUT2D eigenvalue weighted by atomic mass is 16.5. The summed E-state index contributed by atoms with van der Waals surface area (Å²) < 4.78 is 7.62. The molecule has 1 N–H and O–H groups in total. The Morgan fingerprint density at radius 1 is 1.47 bits per heavy atom. The van der Waals surface area contributed by atoms with Crippen molar-refractivity contribution in [2.45, 2.75) is 38.8 Å². The SMILES string of the molecule is CCOc1nnc(CNC)n1C1CCC1. The molecule has 0 bridgehead atoms. The standard InChI is InChI=1S/C10H18N4O/c1-3-15-10-13-12-9(7-11-2)14(10)8-5-4-6-8/h8,11H,3-7H2,1-2H3. The van der Waals surface area contributed by atoms with Gasteiger partial charge in [0.2, 0.25) is 0 Å². The van der Waals surface area contributed by atoms with Crippen LogP contribution in [0.25, 0.3) is 0 Å². The molecule has 15 heavy (non-hydrogen) atoms. The predicted molar refractivity (Wildman–Crippen MR) is 56.8 cm³/mol. The molecule has 0 spiro atoms. The molecule has 2 rings (SSSR count). The van der Waals surface area contributed by atoms with Crippen molar-refractivity contribution in [2.24, 2.45) is 0 Å². The molecule has 0 aliphatic heterocycles. The summed E-state index contributed by atoms with van der Waals surface area (Å²) >= 11 is 0. The van der Waals surface area contributed by atoms with Gasteiger partial charge in [0.25, 0.3) is 0 Å². The Morgan fingerprint density at radius 2 is 2.27 bits per heavy atom. The van der Waals surface area contributed by atoms with Gasteiger partial charge in [0.15, 0.2) is 0 Å². The van der Waals surface area contributed by atoms with Gasteiger partial charge in [0, 0.05) is 6.04 Å². The van der Waals surface area contributed by atoms with Gasteiger partial charge in [-0.3, -0.25) is 4.57 Å². The molecule has 0 aromatic carbocycles. The molecule has 0 amide bonds. The van der Waals surface area contributed by atoms with Crippen LogP contribution < -0.4 is 10.1 Å². The fourth-order valence-corrected chi connectivity index (χ4v) is 1.83. The van der Waals surface area contributed by atoms with Crippen molar-refractivity contribution in [3.05, 3.63) is 5.82 Å². The van der Waals surface area contributed by atoms with E-state index in [-0.39, 0.29) is 0 Å². The number of nitrogens with zero attached hydrogens (tertiary/aromatic N) is 3. The Hall–Kier alpha value is -1.10. The van der Waals surface area contributed by atoms with Gasteiger partial charge in [-0.15, -0.1) is 5.10 Å². The lowest BCUT2D eigenvalue weighted by Gasteiger charge is -2.28. The highest BCUT2D eigenvalue weighted by molar-refractivity contribution is 5.05. The monoisotopic (exact) mass is 210 g/mol. The van der Waals surface area contributed by atoms with Crippen LogP contribution in [-0.2, 0) is 6.54 Å². The van der Waals surface area contributed by atoms with Crippen LogP contribution in [0.3, 0.4) is 0 Å². The number of ether oxygens (including phenoxy) is 1. The smallest absolute Gasteiger partial charge is 0.317 e. The van der Waals surface area contributed by atoms with E-state index >= 15 is 0 Å². The average Bonchev–Trinajstić information content (AvgIpc) is 2.50. The molecule has 1 aliphatic carbocycles. The van der Waals surface area contributed by atoms with Crippen LogP contribution in [0, 0.1) is 0 Å². The lowest BCUT2D eigenvalue weighted by molar-refractivity contribution is 0.239. The van der Waals surface area contributed by atoms with Crippen LogP contribution in [0.2, 0.25) is 0 Å². The van der Waals surface area contributed by atoms with Crippen LogP contribution >= 0.6 is 0 Å². The fourth-order valence-electron chi connectivity index (χ4n) is 1.83. The molecule has 1 aromatic rings. The summed E-state index contributed by atoms with van der Waals surface area (Å²) in [6, 6.07) is 1.22. The minimum atomic E-state index is 0.546. The number of aromatic nitrogens is 3. The second-order valence-corrected chi connectivity index (χ2v) is 3.82. The van der Waals surface area contributed by atoms with Crippen LogP contribution in [-0.4, -0.2) is 28.4 Å². The first-order valence-electron chi connectivity index (χ1n) is 5.58. The van der Waals surface area contributed by atoms with E-state index in [1.54, 1.807) is 0 Å². The first kappa shape index (κ1) is 10.4. The maximum atomic E-state index is 5.48. The number of hydrogen-bond donors (Lipinski definition) is 1. The number of hydrogen-bond acceptors (Lipinski definition) is 4. The van der Waals surface area contributed by atoms with Gasteiger partial charge in [0.05, 0.1) is 13.2 Å². The van der Waals surface area contributed by atoms with E-state index in [0.717, 1.165) is 12.4 Å². The maximum Gasteiger partial charge on any atom is 0.317 e. The average molecular weight is 210 g/mol. The molecule has 1 aromatic heterocycles. The summed E-state index contributed by atoms with van der Waals surface area (Å²) in [7, 11) is 1.92. The Morgan fingerprint density at radius 3 is 2.80 bits per heavy atom. The lowest BCUT2D eigenvalue weighted by Crippen LogP contribution is -2.22. The van der Waals surface area contributed by atoms with Crippen molar-refractivity contribution >= 4 is 0 Å². The van der Waals surface area contributed by atoms with Crippen LogP contribution in [0.5, 0.6) is 6.01 Å². The molecule has 0 radical (unpaired) electrons. The molecule has 1 saturated carbocycles. The van der Waals surface area contributed by atoms with Gasteiger partial charge >= 0.3 is 6.01 Å². The lowest BCUT2D eigenvalue weighted by atomic mass is 9.93. The Kier molecular flexibility index (Phi) is 3.20. The van der Waals surface area contributed by atoms with Crippen LogP contribution in [0.15, 0.2) is 0 Å². The first-order valence-corrected chi connectivity index (χ1v) is 5.58. The zero-order valence-electron chi connectivity index (χ0n) is 9.36. The molecule has 0 unspecified atom stereocenters. The molecule has 5 nitrogen and oxygen atoms in total. The molecule has 0 atom stereocenters. The third-order valence-electron chi connectivity index (χ3n) is 2.78. The molecule has 1 fully saturated rings. The normalized spacial score (nSPS) is 16.4. The van der Waals surface area contributed by atoms with E-state index in [4.69, 9.17) is 4.74 Å². The van der Waals surface area contributed by atoms with Gasteiger partial charge in [-0.05, 0) is 33.2 Å². The number of rotatable bonds is 5. The van der Waals surface area contributed by atoms with Crippen molar-refractivity contribution in [1.29, 1.82) is 0 Å². The summed E-state index contributed by atoms with van der Waals surface area (Å²) in [6.45, 7) is 3.36. The van der Waals surface area contributed by atoms with Crippen molar-refractivity contribution in [2.75, 3.05) is 13.7 Å². The Bertz CT molecular complexity index is 296. The molecule has 5 heteroatoms. The van der Waals surface area contributed by atoms with Crippen molar-refractivity contribution in [3.63, 3.8) is 0 Å². The molecule has 1 aliphatic rings. The minimum Gasteiger partial charge on any atom is -0.464 e. The van der Waals surface area contributed by atoms with Gasteiger partial charge in [-0.2, -0.15) is 0 Å². The van der Waals surface area contributed by atoms with E-state index in [0.29, 0.717) is 18.7 Å². The topological polar surface area (TPSA) is 52.0 Å². The fraction of sp³-hybridized carbons (Fsp3) is 0.800. The van der Waals surface area contributed by atoms with E-state index in [9.17, 15) is 0 Å². The van der Waals surface area contributed by atoms with Gasteiger partial charge in [-0.25, -0.2) is 0 Å². The minimum absolute atomic E-state index is 0.546. The van der Waals surface area contributed by atoms with Crippen LogP contribution in [0.4, 0.5) is 0 Å². The molecule has 0 saturated heterocycles. The van der Waals surface area contributed by atoms with Gasteiger partial charge in [0.1, 0.15) is 5.82 Å². The molecular weight excluding hydrogens is 192 g/mol. The van der Waals surface area contributed by atoms with Gasteiger partial charge < -0.3 is 10.1 Å². The zero-order valence-corrected chi connectivity index (χ0v) is 9.36. The molecular formula is C10H18N4O. The van der Waals surface area contributed by atoms with E-state index < -0.39 is 0 Å². The largest absolute Gasteiger partial charge is 0.464 e. The Labute approximate surface area is 89.8 Å². The second kappa shape index (κ2) is 4.61. The zero-order chi connectivity index (χ0) is 10.7. The summed E-state index contributed by atoms with van der Waals surface area (Å²) in [5.41, 5.74) is 0. The summed E-state index contributed by atoms with van der Waals surface area (Å²) in [5.74, 6) is 0.977. The van der Waals surface area contributed by atoms with E-state index in [2.05, 4.69) is 20.1 Å². The summed E-state index contributed by atoms with van der Waals surface area (Å²) in [5, 5.41) is 11.3. The molecule has 84 valence electrons. The van der Waals surface area contributed by atoms with Crippen molar-refractivity contribution in [1.82, 2.24) is 20.1 Å². The van der Waals surface area contributed by atoms with Crippen LogP contribution in [0.1, 0.15) is 38.1 Å². The van der Waals surface area contributed by atoms with Crippen molar-refractivity contribution in [3.8, 4) is 6.01 Å². The third kappa shape index (κ3) is 1.97. The first-order chi connectivity index (χ1) is 7.36.